The molecule has 4 aliphatic rings. The van der Waals surface area contributed by atoms with Crippen molar-refractivity contribution in [2.24, 2.45) is 0 Å². The molecule has 0 N–H and O–H groups in total. The fourth-order valence-corrected chi connectivity index (χ4v) is 7.99. The van der Waals surface area contributed by atoms with Crippen molar-refractivity contribution in [1.29, 1.82) is 0 Å². The van der Waals surface area contributed by atoms with Gasteiger partial charge in [-0.3, -0.25) is 0 Å². The Morgan fingerprint density at radius 2 is 0.838 bits per heavy atom. The molecule has 37 heavy (non-hydrogen) atoms. The maximum absolute atomic E-state index is 2.71. The number of fused-ring (bicyclic) bond motifs is 2. The molecule has 2 saturated carbocycles. The Morgan fingerprint density at radius 3 is 1.24 bits per heavy atom. The molecule has 192 valence electrons. The van der Waals surface area contributed by atoms with Gasteiger partial charge in [0.25, 0.3) is 0 Å². The van der Waals surface area contributed by atoms with Gasteiger partial charge in [-0.2, -0.15) is 0 Å². The van der Waals surface area contributed by atoms with Gasteiger partial charge in [-0.25, -0.2) is 0 Å². The molecule has 2 aliphatic carbocycles. The van der Waals surface area contributed by atoms with E-state index in [4.69, 9.17) is 0 Å². The number of para-hydroxylation sites is 4. The highest BCUT2D eigenvalue weighted by molar-refractivity contribution is 5.90. The maximum Gasteiger partial charge on any atom is 0.104 e. The lowest BCUT2D eigenvalue weighted by Gasteiger charge is -2.37. The van der Waals surface area contributed by atoms with E-state index in [1.807, 2.05) is 0 Å². The molecule has 0 radical (unpaired) electrons. The van der Waals surface area contributed by atoms with Crippen molar-refractivity contribution in [1.82, 2.24) is 0 Å². The van der Waals surface area contributed by atoms with E-state index in [1.54, 1.807) is 0 Å². The topological polar surface area (TPSA) is 13.0 Å². The molecule has 2 fully saturated rings. The number of benzene rings is 3. The first-order valence-electron chi connectivity index (χ1n) is 14.6. The number of hydrogen-bond donors (Lipinski definition) is 0. The minimum atomic E-state index is 0.313. The predicted octanol–water partition coefficient (Wildman–Crippen LogP) is 8.49. The van der Waals surface area contributed by atoms with E-state index < -0.39 is 0 Å². The van der Waals surface area contributed by atoms with Crippen LogP contribution in [0.2, 0.25) is 0 Å². The smallest absolute Gasteiger partial charge is 0.104 e. The van der Waals surface area contributed by atoms with Crippen LogP contribution in [0.4, 0.5) is 34.1 Å². The summed E-state index contributed by atoms with van der Waals surface area (Å²) in [6.45, 7) is 7.14. The molecule has 0 aromatic heterocycles. The van der Waals surface area contributed by atoms with E-state index in [1.165, 1.54) is 91.1 Å². The first-order chi connectivity index (χ1) is 18.1. The van der Waals surface area contributed by atoms with Crippen molar-refractivity contribution in [3.63, 3.8) is 0 Å². The van der Waals surface area contributed by atoms with Crippen molar-refractivity contribution >= 4 is 34.1 Å². The van der Waals surface area contributed by atoms with E-state index in [9.17, 15) is 0 Å². The summed E-state index contributed by atoms with van der Waals surface area (Å²) >= 11 is 0. The second-order valence-electron chi connectivity index (χ2n) is 11.6. The van der Waals surface area contributed by atoms with Crippen LogP contribution in [0.1, 0.15) is 70.8 Å². The molecule has 0 amide bonds. The van der Waals surface area contributed by atoms with Crippen LogP contribution in [-0.2, 0) is 0 Å². The van der Waals surface area contributed by atoms with Crippen molar-refractivity contribution in [3.05, 3.63) is 72.3 Å². The molecule has 2 atom stereocenters. The Labute approximate surface area is 222 Å². The molecule has 0 spiro atoms. The third kappa shape index (κ3) is 3.48. The van der Waals surface area contributed by atoms with Crippen LogP contribution in [0.5, 0.6) is 0 Å². The Kier molecular flexibility index (Phi) is 5.60. The van der Waals surface area contributed by atoms with Crippen LogP contribution >= 0.6 is 0 Å². The molecule has 2 heterocycles. The zero-order valence-corrected chi connectivity index (χ0v) is 22.6. The molecule has 4 heteroatoms. The van der Waals surface area contributed by atoms with Gasteiger partial charge in [0, 0.05) is 23.5 Å². The molecule has 3 aromatic carbocycles. The summed E-state index contributed by atoms with van der Waals surface area (Å²) in [5, 5.41) is 0. The lowest BCUT2D eigenvalue weighted by Crippen LogP contribution is -2.44. The van der Waals surface area contributed by atoms with Gasteiger partial charge < -0.3 is 19.6 Å². The maximum atomic E-state index is 2.71. The quantitative estimate of drug-likeness (QED) is 0.362. The summed E-state index contributed by atoms with van der Waals surface area (Å²) in [5.74, 6) is 0. The number of rotatable bonds is 4. The minimum Gasteiger partial charge on any atom is -0.346 e. The summed E-state index contributed by atoms with van der Waals surface area (Å²) in [7, 11) is 0. The van der Waals surface area contributed by atoms with Gasteiger partial charge in [0.15, 0.2) is 0 Å². The summed E-state index contributed by atoms with van der Waals surface area (Å²) in [4.78, 5) is 10.6. The molecule has 7 rings (SSSR count). The fourth-order valence-electron chi connectivity index (χ4n) is 7.99. The molecule has 0 bridgehead atoms. The van der Waals surface area contributed by atoms with Gasteiger partial charge in [-0.15, -0.1) is 0 Å². The normalized spacial score (nSPS) is 23.9. The zero-order valence-electron chi connectivity index (χ0n) is 22.6. The SMILES string of the molecule is Cc1c(N2c3ccccc3N(C3CCCC3)[C@@H]2C)cccc1N1c2ccccc2N(C2CCCC2)[C@H]1C. The summed E-state index contributed by atoms with van der Waals surface area (Å²) < 4.78 is 0. The van der Waals surface area contributed by atoms with Crippen molar-refractivity contribution in [3.8, 4) is 0 Å². The second kappa shape index (κ2) is 9.01. The number of hydrogen-bond acceptors (Lipinski definition) is 4. The zero-order chi connectivity index (χ0) is 25.1. The molecule has 2 aliphatic heterocycles. The first-order valence-corrected chi connectivity index (χ1v) is 14.6. The van der Waals surface area contributed by atoms with Gasteiger partial charge in [0.2, 0.25) is 0 Å². The van der Waals surface area contributed by atoms with Gasteiger partial charge in [0.1, 0.15) is 12.3 Å². The number of nitrogens with zero attached hydrogens (tertiary/aromatic N) is 4. The molecule has 0 saturated heterocycles. The van der Waals surface area contributed by atoms with E-state index in [2.05, 4.69) is 107 Å². The first kappa shape index (κ1) is 23.0. The van der Waals surface area contributed by atoms with Crippen LogP contribution in [0.3, 0.4) is 0 Å². The van der Waals surface area contributed by atoms with E-state index in [-0.39, 0.29) is 0 Å². The Bertz CT molecular complexity index is 1190. The minimum absolute atomic E-state index is 0.313. The lowest BCUT2D eigenvalue weighted by molar-refractivity contribution is 0.552. The highest BCUT2D eigenvalue weighted by atomic mass is 15.4. The van der Waals surface area contributed by atoms with Crippen molar-refractivity contribution in [2.75, 3.05) is 19.6 Å². The van der Waals surface area contributed by atoms with Crippen LogP contribution in [0.15, 0.2) is 66.7 Å². The summed E-state index contributed by atoms with van der Waals surface area (Å²) in [6.07, 6.45) is 11.3. The Balaban J connectivity index is 1.31. The molecular formula is C33H40N4. The molecule has 4 nitrogen and oxygen atoms in total. The third-order valence-electron chi connectivity index (χ3n) is 9.62. The average Bonchev–Trinajstić information content (AvgIpc) is 3.70. The summed E-state index contributed by atoms with van der Waals surface area (Å²) in [6, 6.07) is 26.4. The third-order valence-corrected chi connectivity index (χ3v) is 9.62. The monoisotopic (exact) mass is 492 g/mol. The van der Waals surface area contributed by atoms with Crippen LogP contribution in [0.25, 0.3) is 0 Å². The predicted molar refractivity (Wildman–Crippen MR) is 157 cm³/mol. The number of anilines is 6. The van der Waals surface area contributed by atoms with Crippen LogP contribution in [-0.4, -0.2) is 24.4 Å². The standard InChI is InChI=1S/C33H40N4/c1-23-28(36-24(2)34(26-13-4-5-14-26)30-17-8-10-19-32(30)36)21-12-22-29(23)37-25(3)35(27-15-6-7-16-27)31-18-9-11-20-33(31)37/h8-12,17-22,24-27H,4-7,13-16H2,1-3H3/t24-,25+. The highest BCUT2D eigenvalue weighted by Crippen LogP contribution is 2.51. The van der Waals surface area contributed by atoms with Gasteiger partial charge >= 0.3 is 0 Å². The lowest BCUT2D eigenvalue weighted by atomic mass is 10.1. The highest BCUT2D eigenvalue weighted by Gasteiger charge is 2.41. The fraction of sp³-hybridized carbons (Fsp3) is 0.455. The van der Waals surface area contributed by atoms with Crippen molar-refractivity contribution < 1.29 is 0 Å². The van der Waals surface area contributed by atoms with E-state index in [0.717, 1.165) is 0 Å². The van der Waals surface area contributed by atoms with Gasteiger partial charge in [-0.05, 0) is 88.4 Å². The second-order valence-corrected chi connectivity index (χ2v) is 11.6. The van der Waals surface area contributed by atoms with Gasteiger partial charge in [0.05, 0.1) is 22.7 Å². The van der Waals surface area contributed by atoms with Crippen LogP contribution in [0, 0.1) is 6.92 Å². The Hall–Kier alpha value is -3.14. The summed E-state index contributed by atoms with van der Waals surface area (Å²) in [5.41, 5.74) is 9.54. The molecule has 3 aromatic rings. The largest absolute Gasteiger partial charge is 0.346 e. The molecule has 0 unspecified atom stereocenters. The Morgan fingerprint density at radius 1 is 0.486 bits per heavy atom. The average molecular weight is 493 g/mol. The van der Waals surface area contributed by atoms with Crippen molar-refractivity contribution in [2.45, 2.75) is 96.6 Å². The van der Waals surface area contributed by atoms with Crippen LogP contribution < -0.4 is 19.6 Å². The van der Waals surface area contributed by atoms with Gasteiger partial charge in [-0.1, -0.05) is 56.0 Å². The van der Waals surface area contributed by atoms with E-state index >= 15 is 0 Å². The molecular weight excluding hydrogens is 452 g/mol. The van der Waals surface area contributed by atoms with E-state index in [0.29, 0.717) is 24.4 Å².